The molecule has 2 rings (SSSR count). The lowest BCUT2D eigenvalue weighted by molar-refractivity contribution is -0.123. The number of aromatic nitrogens is 2. The zero-order chi connectivity index (χ0) is 17.7. The molecule has 1 atom stereocenters. The molecule has 0 unspecified atom stereocenters. The van der Waals surface area contributed by atoms with E-state index in [9.17, 15) is 14.4 Å². The van der Waals surface area contributed by atoms with Crippen LogP contribution in [0.1, 0.15) is 13.8 Å². The summed E-state index contributed by atoms with van der Waals surface area (Å²) in [7, 11) is 1.39. The third-order valence-electron chi connectivity index (χ3n) is 3.95. The first-order chi connectivity index (χ1) is 11.4. The maximum atomic E-state index is 12.0. The molecule has 24 heavy (non-hydrogen) atoms. The highest BCUT2D eigenvalue weighted by atomic mass is 16.5. The molecule has 1 amide bonds. The Morgan fingerprint density at radius 3 is 2.88 bits per heavy atom. The Morgan fingerprint density at radius 2 is 2.17 bits per heavy atom. The van der Waals surface area contributed by atoms with Crippen molar-refractivity contribution in [3.05, 3.63) is 33.1 Å². The maximum Gasteiger partial charge on any atom is 0.331 e. The Morgan fingerprint density at radius 1 is 1.42 bits per heavy atom. The van der Waals surface area contributed by atoms with Gasteiger partial charge in [-0.25, -0.2) is 4.79 Å². The number of carbonyl (C=O) groups is 1. The molecule has 0 saturated carbocycles. The van der Waals surface area contributed by atoms with Crippen LogP contribution >= 0.6 is 0 Å². The van der Waals surface area contributed by atoms with Crippen LogP contribution < -0.4 is 16.6 Å². The van der Waals surface area contributed by atoms with Gasteiger partial charge in [0, 0.05) is 45.5 Å². The molecule has 0 aliphatic carbocycles. The quantitative estimate of drug-likeness (QED) is 0.721. The monoisotopic (exact) mass is 338 g/mol. The molecular weight excluding hydrogens is 312 g/mol. The molecule has 1 aromatic heterocycles. The molecule has 1 saturated heterocycles. The van der Waals surface area contributed by atoms with E-state index < -0.39 is 11.2 Å². The summed E-state index contributed by atoms with van der Waals surface area (Å²) in [6, 6.07) is 1.27. The molecule has 8 heteroatoms. The number of carbonyl (C=O) groups excluding carboxylic acids is 1. The highest BCUT2D eigenvalue weighted by Crippen LogP contribution is 2.07. The van der Waals surface area contributed by atoms with Crippen molar-refractivity contribution >= 4 is 5.91 Å². The average Bonchev–Trinajstić information content (AvgIpc) is 2.53. The van der Waals surface area contributed by atoms with Crippen LogP contribution in [0.5, 0.6) is 0 Å². The average molecular weight is 338 g/mol. The van der Waals surface area contributed by atoms with Gasteiger partial charge in [0.1, 0.15) is 6.54 Å². The normalized spacial score (nSPS) is 18.8. The smallest absolute Gasteiger partial charge is 0.331 e. The van der Waals surface area contributed by atoms with Gasteiger partial charge >= 0.3 is 5.69 Å². The minimum absolute atomic E-state index is 0.0432. The minimum atomic E-state index is -0.505. The van der Waals surface area contributed by atoms with E-state index in [1.54, 1.807) is 0 Å². The van der Waals surface area contributed by atoms with Gasteiger partial charge in [-0.15, -0.1) is 0 Å². The third kappa shape index (κ3) is 5.04. The van der Waals surface area contributed by atoms with Crippen molar-refractivity contribution in [2.45, 2.75) is 26.5 Å². The molecule has 1 N–H and O–H groups in total. The molecule has 8 nitrogen and oxygen atoms in total. The highest BCUT2D eigenvalue weighted by molar-refractivity contribution is 5.75. The number of hydrogen-bond donors (Lipinski definition) is 1. The Hall–Kier alpha value is -1.93. The second-order valence-electron chi connectivity index (χ2n) is 6.57. The first kappa shape index (κ1) is 18.4. The van der Waals surface area contributed by atoms with Gasteiger partial charge in [0.2, 0.25) is 5.91 Å². The maximum absolute atomic E-state index is 12.0. The van der Waals surface area contributed by atoms with E-state index in [2.05, 4.69) is 24.1 Å². The van der Waals surface area contributed by atoms with E-state index in [1.807, 2.05) is 0 Å². The van der Waals surface area contributed by atoms with Crippen LogP contribution in [0.25, 0.3) is 0 Å². The largest absolute Gasteiger partial charge is 0.374 e. The number of rotatable bonds is 6. The van der Waals surface area contributed by atoms with Crippen molar-refractivity contribution in [1.29, 1.82) is 0 Å². The molecular formula is C16H26N4O4. The Balaban J connectivity index is 1.84. The van der Waals surface area contributed by atoms with Crippen LogP contribution in [0.15, 0.2) is 21.9 Å². The topological polar surface area (TPSA) is 85.6 Å². The predicted octanol–water partition coefficient (Wildman–Crippen LogP) is -0.980. The summed E-state index contributed by atoms with van der Waals surface area (Å²) in [5.74, 6) is 0.315. The summed E-state index contributed by atoms with van der Waals surface area (Å²) < 4.78 is 7.86. The summed E-state index contributed by atoms with van der Waals surface area (Å²) in [5.41, 5.74) is -0.896. The van der Waals surface area contributed by atoms with E-state index in [4.69, 9.17) is 4.74 Å². The fourth-order valence-corrected chi connectivity index (χ4v) is 2.76. The van der Waals surface area contributed by atoms with Gasteiger partial charge in [-0.05, 0) is 5.92 Å². The second kappa shape index (κ2) is 8.25. The van der Waals surface area contributed by atoms with Crippen LogP contribution in [0.4, 0.5) is 0 Å². The van der Waals surface area contributed by atoms with Gasteiger partial charge in [-0.3, -0.25) is 23.6 Å². The van der Waals surface area contributed by atoms with E-state index in [0.29, 0.717) is 19.1 Å². The van der Waals surface area contributed by atoms with Crippen LogP contribution in [0.3, 0.4) is 0 Å². The minimum Gasteiger partial charge on any atom is -0.374 e. The highest BCUT2D eigenvalue weighted by Gasteiger charge is 2.21. The first-order valence-electron chi connectivity index (χ1n) is 8.24. The van der Waals surface area contributed by atoms with Crippen molar-refractivity contribution < 1.29 is 9.53 Å². The van der Waals surface area contributed by atoms with Crippen LogP contribution in [-0.4, -0.2) is 58.8 Å². The lowest BCUT2D eigenvalue weighted by Gasteiger charge is -2.33. The Kier molecular flexibility index (Phi) is 6.33. The Labute approximate surface area is 141 Å². The zero-order valence-electron chi connectivity index (χ0n) is 14.5. The van der Waals surface area contributed by atoms with Gasteiger partial charge < -0.3 is 10.1 Å². The molecule has 2 heterocycles. The van der Waals surface area contributed by atoms with Gasteiger partial charge in [-0.1, -0.05) is 13.8 Å². The number of ether oxygens (including phenoxy) is 1. The molecule has 0 spiro atoms. The Bertz CT molecular complexity index is 679. The van der Waals surface area contributed by atoms with Crippen molar-refractivity contribution in [3.8, 4) is 0 Å². The van der Waals surface area contributed by atoms with Crippen molar-refractivity contribution in [1.82, 2.24) is 19.4 Å². The fraction of sp³-hybridized carbons (Fsp3) is 0.688. The molecule has 1 aromatic rings. The number of hydrogen-bond acceptors (Lipinski definition) is 5. The zero-order valence-corrected chi connectivity index (χ0v) is 14.5. The number of amides is 1. The van der Waals surface area contributed by atoms with Crippen molar-refractivity contribution in [3.63, 3.8) is 0 Å². The summed E-state index contributed by atoms with van der Waals surface area (Å²) in [6.07, 6.45) is 1.30. The molecule has 1 aliphatic rings. The van der Waals surface area contributed by atoms with E-state index in [-0.39, 0.29) is 18.6 Å². The van der Waals surface area contributed by atoms with Gasteiger partial charge in [0.25, 0.3) is 5.56 Å². The van der Waals surface area contributed by atoms with Crippen molar-refractivity contribution in [2.75, 3.05) is 32.8 Å². The number of morpholine rings is 1. The predicted molar refractivity (Wildman–Crippen MR) is 90.0 cm³/mol. The molecule has 134 valence electrons. The first-order valence-corrected chi connectivity index (χ1v) is 8.24. The molecule has 0 aromatic carbocycles. The van der Waals surface area contributed by atoms with Gasteiger partial charge in [0.05, 0.1) is 12.7 Å². The van der Waals surface area contributed by atoms with E-state index >= 15 is 0 Å². The van der Waals surface area contributed by atoms with Gasteiger partial charge in [-0.2, -0.15) is 0 Å². The summed E-state index contributed by atoms with van der Waals surface area (Å²) >= 11 is 0. The summed E-state index contributed by atoms with van der Waals surface area (Å²) in [4.78, 5) is 37.6. The standard InChI is InChI=1S/C16H26N4O4/c1-12(2)9-19-6-7-24-13(10-19)8-17-14(21)11-20-5-4-15(22)18(3)16(20)23/h4-5,12-13H,6-11H2,1-3H3,(H,17,21)/t13-/m1/s1. The fourth-order valence-electron chi connectivity index (χ4n) is 2.76. The van der Waals surface area contributed by atoms with Crippen LogP contribution in [-0.2, 0) is 23.1 Å². The van der Waals surface area contributed by atoms with E-state index in [1.165, 1.54) is 23.9 Å². The molecule has 0 bridgehead atoms. The second-order valence-corrected chi connectivity index (χ2v) is 6.57. The third-order valence-corrected chi connectivity index (χ3v) is 3.95. The summed E-state index contributed by atoms with van der Waals surface area (Å²) in [5, 5.41) is 2.80. The van der Waals surface area contributed by atoms with Gasteiger partial charge in [0.15, 0.2) is 0 Å². The van der Waals surface area contributed by atoms with Crippen LogP contribution in [0, 0.1) is 5.92 Å². The lowest BCUT2D eigenvalue weighted by Crippen LogP contribution is -2.49. The number of nitrogens with zero attached hydrogens (tertiary/aromatic N) is 3. The van der Waals surface area contributed by atoms with E-state index in [0.717, 1.165) is 24.2 Å². The summed E-state index contributed by atoms with van der Waals surface area (Å²) in [6.45, 7) is 8.03. The lowest BCUT2D eigenvalue weighted by atomic mass is 10.2. The van der Waals surface area contributed by atoms with Crippen LogP contribution in [0.2, 0.25) is 0 Å². The van der Waals surface area contributed by atoms with Crippen molar-refractivity contribution in [2.24, 2.45) is 13.0 Å². The molecule has 1 aliphatic heterocycles. The number of nitrogens with one attached hydrogen (secondary N) is 1. The molecule has 0 radical (unpaired) electrons. The SMILES string of the molecule is CC(C)CN1CCO[C@H](CNC(=O)Cn2ccc(=O)n(C)c2=O)C1. The molecule has 1 fully saturated rings.